The zero-order valence-corrected chi connectivity index (χ0v) is 12.6. The smallest absolute Gasteiger partial charge is 0.221 e. The van der Waals surface area contributed by atoms with E-state index in [9.17, 15) is 0 Å². The predicted octanol–water partition coefficient (Wildman–Crippen LogP) is 3.53. The summed E-state index contributed by atoms with van der Waals surface area (Å²) in [7, 11) is 0. The van der Waals surface area contributed by atoms with Crippen molar-refractivity contribution in [1.82, 2.24) is 15.0 Å². The van der Waals surface area contributed by atoms with Crippen LogP contribution in [0.3, 0.4) is 0 Å². The lowest BCUT2D eigenvalue weighted by Gasteiger charge is -2.06. The lowest BCUT2D eigenvalue weighted by molar-refractivity contribution is 1.21. The minimum Gasteiger partial charge on any atom is -0.368 e. The number of benzene rings is 1. The molecule has 0 aliphatic heterocycles. The van der Waals surface area contributed by atoms with Crippen molar-refractivity contribution in [2.24, 2.45) is 0 Å². The average molecular weight is 383 g/mol. The first-order valence-corrected chi connectivity index (χ1v) is 6.95. The Bertz CT molecular complexity index is 758. The highest BCUT2D eigenvalue weighted by Gasteiger charge is 2.10. The van der Waals surface area contributed by atoms with Crippen molar-refractivity contribution < 1.29 is 0 Å². The lowest BCUT2D eigenvalue weighted by Crippen LogP contribution is -1.99. The SMILES string of the molecule is Nc1nc(-c2ccc(I)cc2)c2nc(Cl)ccc2n1. The number of halogens is 2. The number of anilines is 1. The first-order valence-electron chi connectivity index (χ1n) is 5.49. The molecule has 0 saturated heterocycles. The van der Waals surface area contributed by atoms with Crippen LogP contribution in [0.2, 0.25) is 5.15 Å². The van der Waals surface area contributed by atoms with Gasteiger partial charge >= 0.3 is 0 Å². The van der Waals surface area contributed by atoms with Crippen LogP contribution in [0.1, 0.15) is 0 Å². The van der Waals surface area contributed by atoms with Gasteiger partial charge in [-0.1, -0.05) is 23.7 Å². The van der Waals surface area contributed by atoms with Gasteiger partial charge in [0, 0.05) is 9.13 Å². The van der Waals surface area contributed by atoms with Gasteiger partial charge in [-0.15, -0.1) is 0 Å². The fourth-order valence-corrected chi connectivity index (χ4v) is 2.32. The molecule has 2 aromatic heterocycles. The van der Waals surface area contributed by atoms with Crippen LogP contribution in [-0.4, -0.2) is 15.0 Å². The van der Waals surface area contributed by atoms with Gasteiger partial charge in [-0.25, -0.2) is 15.0 Å². The maximum Gasteiger partial charge on any atom is 0.221 e. The van der Waals surface area contributed by atoms with Crippen molar-refractivity contribution in [2.75, 3.05) is 5.73 Å². The van der Waals surface area contributed by atoms with Crippen LogP contribution in [0.5, 0.6) is 0 Å². The van der Waals surface area contributed by atoms with Crippen LogP contribution in [-0.2, 0) is 0 Å². The van der Waals surface area contributed by atoms with Gasteiger partial charge < -0.3 is 5.73 Å². The fraction of sp³-hybridized carbons (Fsp3) is 0. The summed E-state index contributed by atoms with van der Waals surface area (Å²) in [5, 5.41) is 0.410. The van der Waals surface area contributed by atoms with Crippen molar-refractivity contribution in [1.29, 1.82) is 0 Å². The van der Waals surface area contributed by atoms with Gasteiger partial charge in [0.2, 0.25) is 5.95 Å². The van der Waals surface area contributed by atoms with E-state index in [1.54, 1.807) is 12.1 Å². The standard InChI is InChI=1S/C13H8ClIN4/c14-10-6-5-9-12(18-10)11(19-13(16)17-9)7-1-3-8(15)4-2-7/h1-6H,(H2,16,17,19). The zero-order chi connectivity index (χ0) is 13.4. The molecule has 3 aromatic rings. The van der Waals surface area contributed by atoms with Crippen molar-refractivity contribution in [3.63, 3.8) is 0 Å². The molecule has 6 heteroatoms. The quantitative estimate of drug-likeness (QED) is 0.516. The second-order valence-corrected chi connectivity index (χ2v) is 5.57. The average Bonchev–Trinajstić information content (AvgIpc) is 2.39. The zero-order valence-electron chi connectivity index (χ0n) is 9.64. The number of hydrogen-bond acceptors (Lipinski definition) is 4. The third-order valence-corrected chi connectivity index (χ3v) is 3.57. The molecule has 0 bridgehead atoms. The summed E-state index contributed by atoms with van der Waals surface area (Å²) < 4.78 is 1.15. The number of hydrogen-bond donors (Lipinski definition) is 1. The van der Waals surface area contributed by atoms with E-state index in [2.05, 4.69) is 37.5 Å². The molecule has 0 aliphatic carbocycles. The number of rotatable bonds is 1. The topological polar surface area (TPSA) is 64.7 Å². The number of nitrogen functional groups attached to an aromatic ring is 1. The number of pyridine rings is 1. The van der Waals surface area contributed by atoms with Crippen molar-refractivity contribution in [2.45, 2.75) is 0 Å². The molecular formula is C13H8ClIN4. The Kier molecular flexibility index (Phi) is 3.24. The molecule has 94 valence electrons. The summed E-state index contributed by atoms with van der Waals surface area (Å²) in [5.74, 6) is 0.227. The monoisotopic (exact) mass is 382 g/mol. The minimum absolute atomic E-state index is 0.227. The normalized spacial score (nSPS) is 10.8. The summed E-state index contributed by atoms with van der Waals surface area (Å²) in [6.45, 7) is 0. The summed E-state index contributed by atoms with van der Waals surface area (Å²) in [6, 6.07) is 11.4. The van der Waals surface area contributed by atoms with E-state index < -0.39 is 0 Å². The van der Waals surface area contributed by atoms with E-state index in [0.29, 0.717) is 21.9 Å². The van der Waals surface area contributed by atoms with Crippen LogP contribution in [0.4, 0.5) is 5.95 Å². The molecule has 1 aromatic carbocycles. The summed E-state index contributed by atoms with van der Waals surface area (Å²) >= 11 is 8.20. The van der Waals surface area contributed by atoms with Gasteiger partial charge in [0.15, 0.2) is 0 Å². The molecule has 0 unspecified atom stereocenters. The van der Waals surface area contributed by atoms with Crippen molar-refractivity contribution in [3.05, 3.63) is 45.1 Å². The van der Waals surface area contributed by atoms with E-state index in [4.69, 9.17) is 17.3 Å². The molecule has 0 amide bonds. The van der Waals surface area contributed by atoms with Crippen molar-refractivity contribution >= 4 is 51.2 Å². The fourth-order valence-electron chi connectivity index (χ4n) is 1.82. The van der Waals surface area contributed by atoms with Crippen LogP contribution in [0, 0.1) is 3.57 Å². The van der Waals surface area contributed by atoms with Gasteiger partial charge in [-0.3, -0.25) is 0 Å². The molecule has 2 heterocycles. The molecular weight excluding hydrogens is 375 g/mol. The Morgan fingerprint density at radius 1 is 0.947 bits per heavy atom. The summed E-state index contributed by atoms with van der Waals surface area (Å²) in [4.78, 5) is 12.7. The molecule has 4 nitrogen and oxygen atoms in total. The van der Waals surface area contributed by atoms with E-state index >= 15 is 0 Å². The third kappa shape index (κ3) is 2.48. The Morgan fingerprint density at radius 3 is 2.42 bits per heavy atom. The largest absolute Gasteiger partial charge is 0.368 e. The molecule has 0 fully saturated rings. The highest BCUT2D eigenvalue weighted by atomic mass is 127. The van der Waals surface area contributed by atoms with E-state index in [0.717, 1.165) is 9.13 Å². The number of nitrogens with two attached hydrogens (primary N) is 1. The maximum absolute atomic E-state index is 5.94. The molecule has 0 saturated carbocycles. The van der Waals surface area contributed by atoms with Gasteiger partial charge in [0.1, 0.15) is 16.4 Å². The Labute approximate surface area is 128 Å². The van der Waals surface area contributed by atoms with E-state index in [-0.39, 0.29) is 5.95 Å². The van der Waals surface area contributed by atoms with Crippen LogP contribution in [0.25, 0.3) is 22.3 Å². The number of fused-ring (bicyclic) bond motifs is 1. The Balaban J connectivity index is 2.32. The second-order valence-electron chi connectivity index (χ2n) is 3.94. The van der Waals surface area contributed by atoms with Crippen LogP contribution >= 0.6 is 34.2 Å². The molecule has 0 radical (unpaired) electrons. The summed E-state index contributed by atoms with van der Waals surface area (Å²) in [6.07, 6.45) is 0. The van der Waals surface area contributed by atoms with Crippen molar-refractivity contribution in [3.8, 4) is 11.3 Å². The first kappa shape index (κ1) is 12.6. The lowest BCUT2D eigenvalue weighted by atomic mass is 10.1. The van der Waals surface area contributed by atoms with E-state index in [1.165, 1.54) is 0 Å². The van der Waals surface area contributed by atoms with Crippen LogP contribution < -0.4 is 5.73 Å². The third-order valence-electron chi connectivity index (χ3n) is 2.64. The van der Waals surface area contributed by atoms with Gasteiger partial charge in [-0.05, 0) is 46.9 Å². The van der Waals surface area contributed by atoms with E-state index in [1.807, 2.05) is 24.3 Å². The molecule has 0 aliphatic rings. The highest BCUT2D eigenvalue weighted by Crippen LogP contribution is 2.26. The van der Waals surface area contributed by atoms with Gasteiger partial charge in [-0.2, -0.15) is 0 Å². The first-order chi connectivity index (χ1) is 9.13. The minimum atomic E-state index is 0.227. The molecule has 0 spiro atoms. The Morgan fingerprint density at radius 2 is 1.68 bits per heavy atom. The molecule has 0 atom stereocenters. The number of nitrogens with zero attached hydrogens (tertiary/aromatic N) is 3. The van der Waals surface area contributed by atoms with Gasteiger partial charge in [0.05, 0.1) is 5.52 Å². The van der Waals surface area contributed by atoms with Crippen LogP contribution in [0.15, 0.2) is 36.4 Å². The highest BCUT2D eigenvalue weighted by molar-refractivity contribution is 14.1. The molecule has 2 N–H and O–H groups in total. The Hall–Kier alpha value is -1.47. The number of aromatic nitrogens is 3. The maximum atomic E-state index is 5.94. The predicted molar refractivity (Wildman–Crippen MR) is 84.9 cm³/mol. The molecule has 19 heavy (non-hydrogen) atoms. The van der Waals surface area contributed by atoms with Gasteiger partial charge in [0.25, 0.3) is 0 Å². The second kappa shape index (κ2) is 4.90. The summed E-state index contributed by atoms with van der Waals surface area (Å²) in [5.41, 5.74) is 8.72. The molecule has 3 rings (SSSR count).